The van der Waals surface area contributed by atoms with Crippen molar-refractivity contribution in [2.45, 2.75) is 6.18 Å². The number of ether oxygens (including phenoxy) is 2. The van der Waals surface area contributed by atoms with Gasteiger partial charge in [-0.1, -0.05) is 18.2 Å². The van der Waals surface area contributed by atoms with Crippen molar-refractivity contribution in [3.05, 3.63) is 84.0 Å². The number of alkyl halides is 3. The fraction of sp³-hybridized carbons (Fsp3) is 0.130. The molecule has 0 atom stereocenters. The molecule has 4 aromatic rings. The number of hydrogen-bond acceptors (Lipinski definition) is 6. The van der Waals surface area contributed by atoms with Gasteiger partial charge in [-0.05, 0) is 42.5 Å². The molecule has 0 fully saturated rings. The van der Waals surface area contributed by atoms with E-state index in [1.165, 1.54) is 23.5 Å². The quantitative estimate of drug-likeness (QED) is 0.309. The molecule has 2 aromatic carbocycles. The van der Waals surface area contributed by atoms with Gasteiger partial charge in [-0.3, -0.25) is 4.98 Å². The first-order chi connectivity index (χ1) is 15.5. The van der Waals surface area contributed by atoms with Gasteiger partial charge in [0.05, 0.1) is 11.3 Å². The lowest BCUT2D eigenvalue weighted by molar-refractivity contribution is -0.139. The first-order valence-electron chi connectivity index (χ1n) is 9.64. The zero-order valence-electron chi connectivity index (χ0n) is 16.7. The molecular weight excluding hydrogens is 439 g/mol. The number of anilines is 2. The maximum atomic E-state index is 13.6. The predicted octanol–water partition coefficient (Wildman–Crippen LogP) is 6.43. The van der Waals surface area contributed by atoms with Crippen LogP contribution in [0.3, 0.4) is 0 Å². The maximum Gasteiger partial charge on any atom is 0.420 e. The number of nitrogens with zero attached hydrogens (tertiary/aromatic N) is 2. The molecular formula is C23H18F3N3O2S. The van der Waals surface area contributed by atoms with E-state index in [0.717, 1.165) is 11.6 Å². The highest BCUT2D eigenvalue weighted by Crippen LogP contribution is 2.39. The highest BCUT2D eigenvalue weighted by atomic mass is 32.1. The van der Waals surface area contributed by atoms with Crippen LogP contribution in [0, 0.1) is 0 Å². The Hall–Kier alpha value is -3.59. The van der Waals surface area contributed by atoms with E-state index in [2.05, 4.69) is 15.3 Å². The molecule has 0 amide bonds. The summed E-state index contributed by atoms with van der Waals surface area (Å²) in [7, 11) is 0. The first kappa shape index (κ1) is 21.6. The summed E-state index contributed by atoms with van der Waals surface area (Å²) in [5, 5.41) is 5.22. The van der Waals surface area contributed by atoms with Gasteiger partial charge in [0, 0.05) is 29.0 Å². The molecule has 9 heteroatoms. The summed E-state index contributed by atoms with van der Waals surface area (Å²) in [5.41, 5.74) is 0.915. The van der Waals surface area contributed by atoms with Gasteiger partial charge in [0.1, 0.15) is 24.7 Å². The van der Waals surface area contributed by atoms with Crippen LogP contribution in [0.25, 0.3) is 11.3 Å². The van der Waals surface area contributed by atoms with Gasteiger partial charge in [0.15, 0.2) is 5.13 Å². The van der Waals surface area contributed by atoms with Crippen LogP contribution in [0.2, 0.25) is 0 Å². The fourth-order valence-electron chi connectivity index (χ4n) is 2.88. The Balaban J connectivity index is 1.43. The molecule has 1 N–H and O–H groups in total. The lowest BCUT2D eigenvalue weighted by Gasteiger charge is -2.16. The SMILES string of the molecule is FC(F)(F)c1cc(Nc2nc(-c3cccnc3)cs2)ccc1OCCOc1ccccc1. The van der Waals surface area contributed by atoms with Crippen LogP contribution in [0.15, 0.2) is 78.4 Å². The molecule has 4 rings (SSSR count). The van der Waals surface area contributed by atoms with Crippen LogP contribution >= 0.6 is 11.3 Å². The molecule has 164 valence electrons. The standard InChI is InChI=1S/C23H18F3N3O2S/c24-23(25,26)19-13-17(28-22-29-20(15-32-22)16-5-4-10-27-14-16)8-9-21(19)31-12-11-30-18-6-2-1-3-7-18/h1-10,13-15H,11-12H2,(H,28,29). The second-order valence-electron chi connectivity index (χ2n) is 6.62. The lowest BCUT2D eigenvalue weighted by Crippen LogP contribution is -2.13. The number of aromatic nitrogens is 2. The Kier molecular flexibility index (Phi) is 6.55. The summed E-state index contributed by atoms with van der Waals surface area (Å²) in [6.45, 7) is 0.100. The van der Waals surface area contributed by atoms with Gasteiger partial charge in [-0.15, -0.1) is 11.3 Å². The van der Waals surface area contributed by atoms with Crippen molar-refractivity contribution in [2.75, 3.05) is 18.5 Å². The van der Waals surface area contributed by atoms with Crippen LogP contribution in [0.1, 0.15) is 5.56 Å². The van der Waals surface area contributed by atoms with E-state index in [9.17, 15) is 13.2 Å². The summed E-state index contributed by atoms with van der Waals surface area (Å²) in [6, 6.07) is 16.5. The highest BCUT2D eigenvalue weighted by Gasteiger charge is 2.34. The zero-order chi connectivity index (χ0) is 22.4. The van der Waals surface area contributed by atoms with E-state index in [-0.39, 0.29) is 24.7 Å². The number of hydrogen-bond donors (Lipinski definition) is 1. The molecule has 0 aliphatic heterocycles. The van der Waals surface area contributed by atoms with E-state index in [1.807, 2.05) is 29.6 Å². The van der Waals surface area contributed by atoms with Gasteiger partial charge >= 0.3 is 6.18 Å². The van der Waals surface area contributed by atoms with Crippen molar-refractivity contribution < 1.29 is 22.6 Å². The molecule has 2 aromatic heterocycles. The van der Waals surface area contributed by atoms with Crippen molar-refractivity contribution >= 4 is 22.2 Å². The average molecular weight is 457 g/mol. The largest absolute Gasteiger partial charge is 0.490 e. The van der Waals surface area contributed by atoms with Crippen LogP contribution in [-0.4, -0.2) is 23.2 Å². The second-order valence-corrected chi connectivity index (χ2v) is 7.48. The number of thiazole rings is 1. The van der Waals surface area contributed by atoms with Crippen molar-refractivity contribution in [2.24, 2.45) is 0 Å². The number of rotatable bonds is 8. The molecule has 0 saturated heterocycles. The van der Waals surface area contributed by atoms with E-state index in [0.29, 0.717) is 16.6 Å². The number of nitrogens with one attached hydrogen (secondary N) is 1. The number of pyridine rings is 1. The fourth-order valence-corrected chi connectivity index (χ4v) is 3.62. The third kappa shape index (κ3) is 5.55. The molecule has 0 bridgehead atoms. The molecule has 0 unspecified atom stereocenters. The summed E-state index contributed by atoms with van der Waals surface area (Å²) >= 11 is 1.29. The Morgan fingerprint density at radius 1 is 0.938 bits per heavy atom. The molecule has 2 heterocycles. The smallest absolute Gasteiger partial charge is 0.420 e. The Morgan fingerprint density at radius 2 is 1.75 bits per heavy atom. The number of para-hydroxylation sites is 1. The topological polar surface area (TPSA) is 56.3 Å². The zero-order valence-corrected chi connectivity index (χ0v) is 17.5. The summed E-state index contributed by atoms with van der Waals surface area (Å²) in [5.74, 6) is 0.371. The molecule has 0 aliphatic rings. The third-order valence-corrected chi connectivity index (χ3v) is 5.11. The third-order valence-electron chi connectivity index (χ3n) is 4.35. The van der Waals surface area contributed by atoms with Gasteiger partial charge in [0.2, 0.25) is 0 Å². The summed E-state index contributed by atoms with van der Waals surface area (Å²) in [4.78, 5) is 8.46. The van der Waals surface area contributed by atoms with E-state index < -0.39 is 11.7 Å². The van der Waals surface area contributed by atoms with E-state index in [4.69, 9.17) is 9.47 Å². The van der Waals surface area contributed by atoms with Gasteiger partial charge < -0.3 is 14.8 Å². The second kappa shape index (κ2) is 9.69. The molecule has 0 radical (unpaired) electrons. The monoisotopic (exact) mass is 457 g/mol. The summed E-state index contributed by atoms with van der Waals surface area (Å²) < 4.78 is 51.6. The van der Waals surface area contributed by atoms with Crippen LogP contribution in [0.5, 0.6) is 11.5 Å². The minimum absolute atomic E-state index is 0.0221. The van der Waals surface area contributed by atoms with Gasteiger partial charge in [-0.25, -0.2) is 4.98 Å². The van der Waals surface area contributed by atoms with Crippen molar-refractivity contribution in [1.29, 1.82) is 0 Å². The maximum absolute atomic E-state index is 13.6. The van der Waals surface area contributed by atoms with E-state index in [1.54, 1.807) is 30.6 Å². The van der Waals surface area contributed by atoms with Crippen molar-refractivity contribution in [1.82, 2.24) is 9.97 Å². The molecule has 32 heavy (non-hydrogen) atoms. The summed E-state index contributed by atoms with van der Waals surface area (Å²) in [6.07, 6.45) is -1.24. The van der Waals surface area contributed by atoms with Gasteiger partial charge in [-0.2, -0.15) is 13.2 Å². The normalized spacial score (nSPS) is 11.2. The highest BCUT2D eigenvalue weighted by molar-refractivity contribution is 7.14. The predicted molar refractivity (Wildman–Crippen MR) is 118 cm³/mol. The van der Waals surface area contributed by atoms with Crippen LogP contribution in [0.4, 0.5) is 24.0 Å². The molecule has 0 spiro atoms. The first-order valence-corrected chi connectivity index (χ1v) is 10.5. The lowest BCUT2D eigenvalue weighted by atomic mass is 10.1. The minimum Gasteiger partial charge on any atom is -0.490 e. The number of halogens is 3. The Labute approximate surface area is 186 Å². The van der Waals surface area contributed by atoms with Crippen molar-refractivity contribution in [3.8, 4) is 22.8 Å². The minimum atomic E-state index is -4.57. The molecule has 5 nitrogen and oxygen atoms in total. The van der Waals surface area contributed by atoms with Crippen molar-refractivity contribution in [3.63, 3.8) is 0 Å². The van der Waals surface area contributed by atoms with E-state index >= 15 is 0 Å². The Morgan fingerprint density at radius 3 is 2.50 bits per heavy atom. The van der Waals surface area contributed by atoms with Crippen LogP contribution in [-0.2, 0) is 6.18 Å². The average Bonchev–Trinajstić information content (AvgIpc) is 3.26. The van der Waals surface area contributed by atoms with Crippen LogP contribution < -0.4 is 14.8 Å². The Bertz CT molecular complexity index is 1150. The molecule has 0 saturated carbocycles. The number of benzene rings is 2. The van der Waals surface area contributed by atoms with Gasteiger partial charge in [0.25, 0.3) is 0 Å². The molecule has 0 aliphatic carbocycles.